The maximum absolute atomic E-state index is 13.0. The second kappa shape index (κ2) is 5.27. The van der Waals surface area contributed by atoms with Gasteiger partial charge in [-0.25, -0.2) is 4.39 Å². The number of nitrogens with one attached hydrogen (secondary N) is 2. The van der Waals surface area contributed by atoms with E-state index in [0.717, 1.165) is 0 Å². The molecule has 4 heteroatoms. The molecule has 0 aromatic heterocycles. The fourth-order valence-electron chi connectivity index (χ4n) is 1.27. The number of carbonyl (C=O) groups excluding carboxylic acids is 1. The summed E-state index contributed by atoms with van der Waals surface area (Å²) in [5.41, 5.74) is 1.03. The highest BCUT2D eigenvalue weighted by Gasteiger charge is 2.11. The van der Waals surface area contributed by atoms with E-state index in [9.17, 15) is 9.18 Å². The zero-order chi connectivity index (χ0) is 13.1. The molecule has 0 aliphatic carbocycles. The van der Waals surface area contributed by atoms with Crippen LogP contribution in [0.4, 0.5) is 10.1 Å². The van der Waals surface area contributed by atoms with Gasteiger partial charge in [0, 0.05) is 11.2 Å². The van der Waals surface area contributed by atoms with Crippen molar-refractivity contribution in [3.8, 4) is 0 Å². The molecule has 0 unspecified atom stereocenters. The second-order valence-corrected chi connectivity index (χ2v) is 5.12. The van der Waals surface area contributed by atoms with Crippen LogP contribution in [0.3, 0.4) is 0 Å². The summed E-state index contributed by atoms with van der Waals surface area (Å²) < 4.78 is 13.0. The van der Waals surface area contributed by atoms with Crippen molar-refractivity contribution in [1.82, 2.24) is 5.32 Å². The molecular weight excluding hydrogens is 219 g/mol. The smallest absolute Gasteiger partial charge is 0.238 e. The van der Waals surface area contributed by atoms with E-state index in [2.05, 4.69) is 10.6 Å². The van der Waals surface area contributed by atoms with Gasteiger partial charge in [-0.15, -0.1) is 0 Å². The Morgan fingerprint density at radius 3 is 2.53 bits per heavy atom. The Hall–Kier alpha value is -1.42. The van der Waals surface area contributed by atoms with Gasteiger partial charge in [0.05, 0.1) is 6.54 Å². The van der Waals surface area contributed by atoms with Gasteiger partial charge in [-0.05, 0) is 51.5 Å². The highest BCUT2D eigenvalue weighted by Crippen LogP contribution is 2.13. The minimum atomic E-state index is -0.268. The molecule has 0 bridgehead atoms. The third kappa shape index (κ3) is 4.95. The van der Waals surface area contributed by atoms with Crippen molar-refractivity contribution in [1.29, 1.82) is 0 Å². The van der Waals surface area contributed by atoms with Gasteiger partial charge in [0.25, 0.3) is 0 Å². The van der Waals surface area contributed by atoms with Crippen molar-refractivity contribution >= 4 is 11.6 Å². The minimum Gasteiger partial charge on any atom is -0.325 e. The number of hydrogen-bond donors (Lipinski definition) is 2. The van der Waals surface area contributed by atoms with Crippen LogP contribution in [-0.2, 0) is 4.79 Å². The van der Waals surface area contributed by atoms with Gasteiger partial charge in [-0.3, -0.25) is 4.79 Å². The largest absolute Gasteiger partial charge is 0.325 e. The quantitative estimate of drug-likeness (QED) is 0.849. The lowest BCUT2D eigenvalue weighted by Gasteiger charge is -2.20. The standard InChI is InChI=1S/C13H19FN2O/c1-9-7-10(5-6-11(9)14)16-12(17)8-15-13(2,3)4/h5-7,15H,8H2,1-4H3,(H,16,17). The Balaban J connectivity index is 2.54. The number of rotatable bonds is 3. The topological polar surface area (TPSA) is 41.1 Å². The maximum Gasteiger partial charge on any atom is 0.238 e. The van der Waals surface area contributed by atoms with Crippen molar-refractivity contribution < 1.29 is 9.18 Å². The van der Waals surface area contributed by atoms with Crippen LogP contribution < -0.4 is 10.6 Å². The highest BCUT2D eigenvalue weighted by atomic mass is 19.1. The lowest BCUT2D eigenvalue weighted by atomic mass is 10.1. The zero-order valence-corrected chi connectivity index (χ0v) is 10.7. The first kappa shape index (κ1) is 13.6. The van der Waals surface area contributed by atoms with E-state index in [-0.39, 0.29) is 23.8 Å². The van der Waals surface area contributed by atoms with Gasteiger partial charge >= 0.3 is 0 Å². The summed E-state index contributed by atoms with van der Waals surface area (Å²) in [6.07, 6.45) is 0. The molecule has 0 heterocycles. The molecular formula is C13H19FN2O. The lowest BCUT2D eigenvalue weighted by Crippen LogP contribution is -2.41. The number of aryl methyl sites for hydroxylation is 1. The molecule has 1 aromatic rings. The van der Waals surface area contributed by atoms with Crippen LogP contribution in [0.5, 0.6) is 0 Å². The number of carbonyl (C=O) groups is 1. The third-order valence-electron chi connectivity index (χ3n) is 2.22. The first-order valence-corrected chi connectivity index (χ1v) is 5.59. The molecule has 0 radical (unpaired) electrons. The van der Waals surface area contributed by atoms with Crippen molar-refractivity contribution in [3.05, 3.63) is 29.6 Å². The van der Waals surface area contributed by atoms with E-state index in [1.54, 1.807) is 19.1 Å². The fourth-order valence-corrected chi connectivity index (χ4v) is 1.27. The third-order valence-corrected chi connectivity index (χ3v) is 2.22. The first-order valence-electron chi connectivity index (χ1n) is 5.59. The zero-order valence-electron chi connectivity index (χ0n) is 10.7. The summed E-state index contributed by atoms with van der Waals surface area (Å²) >= 11 is 0. The SMILES string of the molecule is Cc1cc(NC(=O)CNC(C)(C)C)ccc1F. The summed E-state index contributed by atoms with van der Waals surface area (Å²) in [6.45, 7) is 7.87. The van der Waals surface area contributed by atoms with Crippen molar-refractivity contribution in [2.45, 2.75) is 33.2 Å². The van der Waals surface area contributed by atoms with Crippen LogP contribution in [-0.4, -0.2) is 18.0 Å². The predicted octanol–water partition coefficient (Wildman–Crippen LogP) is 2.46. The second-order valence-electron chi connectivity index (χ2n) is 5.12. The van der Waals surface area contributed by atoms with E-state index < -0.39 is 0 Å². The molecule has 0 aliphatic heterocycles. The molecule has 0 atom stereocenters. The van der Waals surface area contributed by atoms with Gasteiger partial charge in [0.1, 0.15) is 5.82 Å². The van der Waals surface area contributed by atoms with Crippen molar-refractivity contribution in [2.24, 2.45) is 0 Å². The Kier molecular flexibility index (Phi) is 4.23. The van der Waals surface area contributed by atoms with E-state index in [4.69, 9.17) is 0 Å². The average Bonchev–Trinajstić information content (AvgIpc) is 2.20. The fraction of sp³-hybridized carbons (Fsp3) is 0.462. The van der Waals surface area contributed by atoms with Crippen LogP contribution in [0.15, 0.2) is 18.2 Å². The number of anilines is 1. The van der Waals surface area contributed by atoms with Crippen LogP contribution >= 0.6 is 0 Å². The highest BCUT2D eigenvalue weighted by molar-refractivity contribution is 5.92. The minimum absolute atomic E-state index is 0.101. The van der Waals surface area contributed by atoms with Gasteiger partial charge in [-0.1, -0.05) is 0 Å². The van der Waals surface area contributed by atoms with E-state index >= 15 is 0 Å². The van der Waals surface area contributed by atoms with Gasteiger partial charge < -0.3 is 10.6 Å². The Morgan fingerprint density at radius 1 is 1.35 bits per heavy atom. The molecule has 1 amide bonds. The molecule has 1 aromatic carbocycles. The predicted molar refractivity (Wildman–Crippen MR) is 67.5 cm³/mol. The summed E-state index contributed by atoms with van der Waals surface area (Å²) in [5, 5.41) is 5.80. The summed E-state index contributed by atoms with van der Waals surface area (Å²) in [5.74, 6) is -0.401. The molecule has 0 saturated heterocycles. The van der Waals surface area contributed by atoms with Crippen molar-refractivity contribution in [3.63, 3.8) is 0 Å². The molecule has 3 nitrogen and oxygen atoms in total. The molecule has 1 rings (SSSR count). The van der Waals surface area contributed by atoms with Gasteiger partial charge in [0.2, 0.25) is 5.91 Å². The van der Waals surface area contributed by atoms with Gasteiger partial charge in [-0.2, -0.15) is 0 Å². The molecule has 0 spiro atoms. The number of amides is 1. The summed E-state index contributed by atoms with van der Waals surface area (Å²) in [7, 11) is 0. The Bertz CT molecular complexity index is 410. The van der Waals surface area contributed by atoms with Crippen molar-refractivity contribution in [2.75, 3.05) is 11.9 Å². The molecule has 0 fully saturated rings. The lowest BCUT2D eigenvalue weighted by molar-refractivity contribution is -0.115. The van der Waals surface area contributed by atoms with E-state index in [1.165, 1.54) is 6.07 Å². The molecule has 2 N–H and O–H groups in total. The van der Waals surface area contributed by atoms with E-state index in [0.29, 0.717) is 11.3 Å². The van der Waals surface area contributed by atoms with E-state index in [1.807, 2.05) is 20.8 Å². The van der Waals surface area contributed by atoms with Crippen LogP contribution in [0.2, 0.25) is 0 Å². The summed E-state index contributed by atoms with van der Waals surface area (Å²) in [6, 6.07) is 4.52. The molecule has 0 aliphatic rings. The first-order chi connectivity index (χ1) is 7.78. The molecule has 94 valence electrons. The average molecular weight is 238 g/mol. The van der Waals surface area contributed by atoms with Crippen LogP contribution in [0, 0.1) is 12.7 Å². The monoisotopic (exact) mass is 238 g/mol. The number of hydrogen-bond acceptors (Lipinski definition) is 2. The maximum atomic E-state index is 13.0. The van der Waals surface area contributed by atoms with Crippen LogP contribution in [0.1, 0.15) is 26.3 Å². The number of halogens is 1. The Morgan fingerprint density at radius 2 is 2.00 bits per heavy atom. The molecule has 0 saturated carbocycles. The normalized spacial score (nSPS) is 11.4. The molecule has 17 heavy (non-hydrogen) atoms. The number of benzene rings is 1. The van der Waals surface area contributed by atoms with Crippen LogP contribution in [0.25, 0.3) is 0 Å². The summed E-state index contributed by atoms with van der Waals surface area (Å²) in [4.78, 5) is 11.6. The van der Waals surface area contributed by atoms with Gasteiger partial charge in [0.15, 0.2) is 0 Å². The Labute approximate surface area is 101 Å².